The molecule has 0 spiro atoms. The van der Waals surface area contributed by atoms with Crippen LogP contribution in [0.3, 0.4) is 0 Å². The number of carbonyl (C=O) groups excluding carboxylic acids is 1. The first-order valence-corrected chi connectivity index (χ1v) is 9.58. The summed E-state index contributed by atoms with van der Waals surface area (Å²) in [5.74, 6) is 0.138. The second-order valence-corrected chi connectivity index (χ2v) is 7.24. The van der Waals surface area contributed by atoms with Crippen molar-refractivity contribution in [2.75, 3.05) is 31.9 Å². The molecule has 0 unspecified atom stereocenters. The summed E-state index contributed by atoms with van der Waals surface area (Å²) in [5, 5.41) is 3.04. The SMILES string of the molecule is CCCCCCN1CCC(CNC(=O)c2cc(Cl)c(N)[nH]c2=O)CC1. The van der Waals surface area contributed by atoms with Gasteiger partial charge in [-0.05, 0) is 50.9 Å². The molecule has 4 N–H and O–H groups in total. The van der Waals surface area contributed by atoms with Crippen molar-refractivity contribution >= 4 is 23.3 Å². The Morgan fingerprint density at radius 1 is 1.36 bits per heavy atom. The van der Waals surface area contributed by atoms with Crippen LogP contribution in [0.2, 0.25) is 5.02 Å². The molecule has 1 amide bonds. The molecule has 2 heterocycles. The summed E-state index contributed by atoms with van der Waals surface area (Å²) in [6.07, 6.45) is 7.32. The Kier molecular flexibility index (Phi) is 7.78. The first kappa shape index (κ1) is 19.8. The largest absolute Gasteiger partial charge is 0.384 e. The summed E-state index contributed by atoms with van der Waals surface area (Å²) in [5.41, 5.74) is 5.02. The summed E-state index contributed by atoms with van der Waals surface area (Å²) < 4.78 is 0. The molecule has 6 nitrogen and oxygen atoms in total. The minimum atomic E-state index is -0.513. The van der Waals surface area contributed by atoms with Gasteiger partial charge in [0.05, 0.1) is 5.02 Å². The van der Waals surface area contributed by atoms with Crippen LogP contribution < -0.4 is 16.6 Å². The highest BCUT2D eigenvalue weighted by Gasteiger charge is 2.20. The minimum Gasteiger partial charge on any atom is -0.384 e. The summed E-state index contributed by atoms with van der Waals surface area (Å²) in [7, 11) is 0. The Morgan fingerprint density at radius 3 is 2.76 bits per heavy atom. The second-order valence-electron chi connectivity index (χ2n) is 6.83. The number of hydrogen-bond donors (Lipinski definition) is 3. The van der Waals surface area contributed by atoms with Gasteiger partial charge in [0.25, 0.3) is 11.5 Å². The molecule has 0 aromatic carbocycles. The van der Waals surface area contributed by atoms with E-state index in [1.807, 2.05) is 0 Å². The number of carbonyl (C=O) groups is 1. The monoisotopic (exact) mass is 368 g/mol. The predicted molar refractivity (Wildman–Crippen MR) is 102 cm³/mol. The van der Waals surface area contributed by atoms with Crippen molar-refractivity contribution in [3.63, 3.8) is 0 Å². The van der Waals surface area contributed by atoms with Crippen molar-refractivity contribution < 1.29 is 4.79 Å². The number of nitrogens with one attached hydrogen (secondary N) is 2. The van der Waals surface area contributed by atoms with E-state index in [9.17, 15) is 9.59 Å². The molecule has 0 saturated carbocycles. The number of hydrogen-bond acceptors (Lipinski definition) is 4. The van der Waals surface area contributed by atoms with Crippen LogP contribution in [0.15, 0.2) is 10.9 Å². The van der Waals surface area contributed by atoms with Gasteiger partial charge in [-0.3, -0.25) is 9.59 Å². The first-order chi connectivity index (χ1) is 12.0. The number of amides is 1. The van der Waals surface area contributed by atoms with Crippen molar-refractivity contribution in [3.05, 3.63) is 27.0 Å². The van der Waals surface area contributed by atoms with Crippen LogP contribution >= 0.6 is 11.6 Å². The minimum absolute atomic E-state index is 0.00700. The smallest absolute Gasteiger partial charge is 0.262 e. The first-order valence-electron chi connectivity index (χ1n) is 9.20. The Morgan fingerprint density at radius 2 is 2.08 bits per heavy atom. The van der Waals surface area contributed by atoms with Crippen molar-refractivity contribution in [2.24, 2.45) is 5.92 Å². The topological polar surface area (TPSA) is 91.2 Å². The van der Waals surface area contributed by atoms with Crippen molar-refractivity contribution in [1.29, 1.82) is 0 Å². The van der Waals surface area contributed by atoms with Gasteiger partial charge in [0, 0.05) is 6.54 Å². The van der Waals surface area contributed by atoms with Crippen LogP contribution in [-0.2, 0) is 0 Å². The highest BCUT2D eigenvalue weighted by molar-refractivity contribution is 6.33. The quantitative estimate of drug-likeness (QED) is 0.615. The molecule has 25 heavy (non-hydrogen) atoms. The van der Waals surface area contributed by atoms with Crippen LogP contribution in [0.1, 0.15) is 55.8 Å². The molecule has 140 valence electrons. The summed E-state index contributed by atoms with van der Waals surface area (Å²) >= 11 is 5.88. The number of halogens is 1. The van der Waals surface area contributed by atoms with Crippen LogP contribution in [0, 0.1) is 5.92 Å². The zero-order valence-corrected chi connectivity index (χ0v) is 15.7. The van der Waals surface area contributed by atoms with E-state index in [0.717, 1.165) is 25.9 Å². The average molecular weight is 369 g/mol. The lowest BCUT2D eigenvalue weighted by molar-refractivity contribution is 0.0934. The van der Waals surface area contributed by atoms with Gasteiger partial charge in [-0.2, -0.15) is 0 Å². The highest BCUT2D eigenvalue weighted by atomic mass is 35.5. The van der Waals surface area contributed by atoms with Crippen molar-refractivity contribution in [2.45, 2.75) is 45.4 Å². The average Bonchev–Trinajstić information content (AvgIpc) is 2.61. The Hall–Kier alpha value is -1.53. The molecule has 1 saturated heterocycles. The van der Waals surface area contributed by atoms with Gasteiger partial charge in [-0.25, -0.2) is 0 Å². The number of rotatable bonds is 8. The van der Waals surface area contributed by atoms with E-state index in [2.05, 4.69) is 22.1 Å². The van der Waals surface area contributed by atoms with Gasteiger partial charge in [-0.15, -0.1) is 0 Å². The molecule has 1 aromatic rings. The molecule has 2 rings (SSSR count). The van der Waals surface area contributed by atoms with Gasteiger partial charge in [0.2, 0.25) is 0 Å². The molecule has 0 atom stereocenters. The summed E-state index contributed by atoms with van der Waals surface area (Å²) in [6.45, 7) is 6.16. The number of anilines is 1. The molecule has 1 fully saturated rings. The zero-order chi connectivity index (χ0) is 18.2. The van der Waals surface area contributed by atoms with Gasteiger partial charge >= 0.3 is 0 Å². The maximum atomic E-state index is 12.2. The Labute approximate surface area is 154 Å². The molecular formula is C18H29ClN4O2. The number of aromatic amines is 1. The molecule has 7 heteroatoms. The fourth-order valence-electron chi connectivity index (χ4n) is 3.20. The third kappa shape index (κ3) is 6.04. The number of likely N-dealkylation sites (tertiary alicyclic amines) is 1. The fraction of sp³-hybridized carbons (Fsp3) is 0.667. The lowest BCUT2D eigenvalue weighted by atomic mass is 9.96. The Bertz CT molecular complexity index is 624. The van der Waals surface area contributed by atoms with Gasteiger partial charge in [0.1, 0.15) is 11.4 Å². The van der Waals surface area contributed by atoms with Crippen LogP contribution in [0.25, 0.3) is 0 Å². The number of nitrogens with two attached hydrogens (primary N) is 1. The Balaban J connectivity index is 1.73. The molecular weight excluding hydrogens is 340 g/mol. The number of nitrogen functional groups attached to an aromatic ring is 1. The van der Waals surface area contributed by atoms with Crippen molar-refractivity contribution in [3.8, 4) is 0 Å². The lowest BCUT2D eigenvalue weighted by Crippen LogP contribution is -2.39. The normalized spacial score (nSPS) is 16.1. The number of pyridine rings is 1. The number of piperidine rings is 1. The van der Waals surface area contributed by atoms with E-state index in [0.29, 0.717) is 12.5 Å². The van der Waals surface area contributed by atoms with Crippen LogP contribution in [0.4, 0.5) is 5.82 Å². The number of unbranched alkanes of at least 4 members (excludes halogenated alkanes) is 3. The summed E-state index contributed by atoms with van der Waals surface area (Å²) in [6, 6.07) is 1.32. The number of H-pyrrole nitrogens is 1. The van der Waals surface area contributed by atoms with Crippen molar-refractivity contribution in [1.82, 2.24) is 15.2 Å². The van der Waals surface area contributed by atoms with Gasteiger partial charge in [0.15, 0.2) is 0 Å². The van der Waals surface area contributed by atoms with E-state index in [4.69, 9.17) is 17.3 Å². The molecule has 0 radical (unpaired) electrons. The van der Waals surface area contributed by atoms with Gasteiger partial charge < -0.3 is 20.9 Å². The van der Waals surface area contributed by atoms with Crippen LogP contribution in [-0.4, -0.2) is 42.0 Å². The third-order valence-corrected chi connectivity index (χ3v) is 5.16. The van der Waals surface area contributed by atoms with E-state index < -0.39 is 11.5 Å². The maximum Gasteiger partial charge on any atom is 0.262 e. The zero-order valence-electron chi connectivity index (χ0n) is 14.9. The van der Waals surface area contributed by atoms with E-state index in [1.165, 1.54) is 38.3 Å². The van der Waals surface area contributed by atoms with Crippen LogP contribution in [0.5, 0.6) is 0 Å². The predicted octanol–water partition coefficient (Wildman–Crippen LogP) is 2.63. The number of nitrogens with zero attached hydrogens (tertiary/aromatic N) is 1. The standard InChI is InChI=1S/C18H29ClN4O2/c1-2-3-4-5-8-23-9-6-13(7-10-23)12-21-17(24)14-11-15(19)16(20)22-18(14)25/h11,13H,2-10,12H2,1H3,(H,21,24)(H3,20,22,25). The molecule has 0 bridgehead atoms. The molecule has 0 aliphatic carbocycles. The molecule has 1 aromatic heterocycles. The van der Waals surface area contributed by atoms with E-state index in [-0.39, 0.29) is 16.4 Å². The number of aromatic nitrogens is 1. The third-order valence-electron chi connectivity index (χ3n) is 4.85. The lowest BCUT2D eigenvalue weighted by Gasteiger charge is -2.32. The summed E-state index contributed by atoms with van der Waals surface area (Å²) in [4.78, 5) is 28.9. The van der Waals surface area contributed by atoms with Gasteiger partial charge in [-0.1, -0.05) is 37.8 Å². The fourth-order valence-corrected chi connectivity index (χ4v) is 3.35. The molecule has 1 aliphatic rings. The van der Waals surface area contributed by atoms with E-state index >= 15 is 0 Å². The molecule has 1 aliphatic heterocycles. The van der Waals surface area contributed by atoms with E-state index in [1.54, 1.807) is 0 Å². The maximum absolute atomic E-state index is 12.2. The second kappa shape index (κ2) is 9.82. The highest BCUT2D eigenvalue weighted by Crippen LogP contribution is 2.18.